The number of hydrogen-bond donors (Lipinski definition) is 0. The molecule has 0 aromatic heterocycles. The number of esters is 1. The molecule has 0 saturated heterocycles. The Morgan fingerprint density at radius 1 is 1.18 bits per heavy atom. The average Bonchev–Trinajstić information content (AvgIpc) is 2.87. The van der Waals surface area contributed by atoms with Crippen LogP contribution in [0.4, 0.5) is 0 Å². The largest absolute Gasteiger partial charge is 0.455 e. The number of rotatable bonds is 3. The van der Waals surface area contributed by atoms with E-state index in [4.69, 9.17) is 4.74 Å². The molecule has 0 heterocycles. The van der Waals surface area contributed by atoms with E-state index in [0.717, 1.165) is 5.92 Å². The van der Waals surface area contributed by atoms with Crippen molar-refractivity contribution in [3.8, 4) is 0 Å². The second kappa shape index (κ2) is 4.85. The molecule has 0 radical (unpaired) electrons. The molecule has 0 aromatic carbocycles. The Hall–Kier alpha value is -0.790. The molecule has 0 aliphatic heterocycles. The highest BCUT2D eigenvalue weighted by atomic mass is 16.6. The van der Waals surface area contributed by atoms with Crippen LogP contribution in [0.2, 0.25) is 0 Å². The summed E-state index contributed by atoms with van der Waals surface area (Å²) in [5.41, 5.74) is 0.347. The highest BCUT2D eigenvalue weighted by molar-refractivity contribution is 5.81. The van der Waals surface area contributed by atoms with Crippen LogP contribution in [0.1, 0.15) is 65.2 Å². The Bertz CT molecular complexity index is 478. The Balaban J connectivity index is 1.75. The first-order chi connectivity index (χ1) is 10.5. The van der Waals surface area contributed by atoms with Crippen LogP contribution in [0.3, 0.4) is 0 Å². The number of hydrogen-bond acceptors (Lipinski definition) is 2. The predicted molar refractivity (Wildman–Crippen MR) is 87.2 cm³/mol. The van der Waals surface area contributed by atoms with Gasteiger partial charge in [0.25, 0.3) is 0 Å². The van der Waals surface area contributed by atoms with Gasteiger partial charge in [0.2, 0.25) is 0 Å². The van der Waals surface area contributed by atoms with Crippen molar-refractivity contribution < 1.29 is 9.53 Å². The fourth-order valence-electron chi connectivity index (χ4n) is 7.27. The lowest BCUT2D eigenvalue weighted by atomic mass is 9.42. The van der Waals surface area contributed by atoms with E-state index in [-0.39, 0.29) is 11.6 Å². The van der Waals surface area contributed by atoms with Gasteiger partial charge in [-0.1, -0.05) is 33.3 Å². The summed E-state index contributed by atoms with van der Waals surface area (Å²) in [6, 6.07) is 0. The molecule has 5 saturated carbocycles. The molecule has 4 atom stereocenters. The van der Waals surface area contributed by atoms with Crippen molar-refractivity contribution in [1.82, 2.24) is 0 Å². The lowest BCUT2D eigenvalue weighted by Gasteiger charge is -2.66. The van der Waals surface area contributed by atoms with Gasteiger partial charge < -0.3 is 4.74 Å². The van der Waals surface area contributed by atoms with E-state index in [0.29, 0.717) is 29.1 Å². The molecule has 4 unspecified atom stereocenters. The summed E-state index contributed by atoms with van der Waals surface area (Å²) in [7, 11) is 0. The summed E-state index contributed by atoms with van der Waals surface area (Å²) < 4.78 is 6.31. The third-order valence-electron chi connectivity index (χ3n) is 7.66. The SMILES string of the molecule is C=CC(=O)OC1(C2CCCC2C)C2CC3CC1CC(C)(C3)C2. The van der Waals surface area contributed by atoms with Crippen molar-refractivity contribution in [2.24, 2.45) is 35.0 Å². The zero-order chi connectivity index (χ0) is 15.5. The second-order valence-corrected chi connectivity index (χ2v) is 9.15. The van der Waals surface area contributed by atoms with Gasteiger partial charge in [0.1, 0.15) is 5.60 Å². The maximum atomic E-state index is 12.2. The van der Waals surface area contributed by atoms with Crippen molar-refractivity contribution in [3.05, 3.63) is 12.7 Å². The minimum absolute atomic E-state index is 0.169. The quantitative estimate of drug-likeness (QED) is 0.556. The summed E-state index contributed by atoms with van der Waals surface area (Å²) >= 11 is 0. The molecule has 5 aliphatic rings. The van der Waals surface area contributed by atoms with Gasteiger partial charge in [-0.05, 0) is 55.8 Å². The first-order valence-electron chi connectivity index (χ1n) is 9.32. The first kappa shape index (κ1) is 14.8. The summed E-state index contributed by atoms with van der Waals surface area (Å²) in [6.07, 6.45) is 11.8. The van der Waals surface area contributed by atoms with E-state index >= 15 is 0 Å². The normalized spacial score (nSPS) is 52.7. The molecule has 5 rings (SSSR count). The molecule has 0 N–H and O–H groups in total. The minimum Gasteiger partial charge on any atom is -0.455 e. The number of carbonyl (C=O) groups is 1. The van der Waals surface area contributed by atoms with Gasteiger partial charge in [-0.25, -0.2) is 4.79 Å². The fourth-order valence-corrected chi connectivity index (χ4v) is 7.27. The highest BCUT2D eigenvalue weighted by Gasteiger charge is 2.66. The molecule has 0 spiro atoms. The van der Waals surface area contributed by atoms with E-state index in [1.165, 1.54) is 57.4 Å². The van der Waals surface area contributed by atoms with Gasteiger partial charge in [-0.2, -0.15) is 0 Å². The molecular weight excluding hydrogens is 272 g/mol. The molecule has 0 amide bonds. The van der Waals surface area contributed by atoms with Crippen LogP contribution < -0.4 is 0 Å². The van der Waals surface area contributed by atoms with Gasteiger partial charge in [0, 0.05) is 23.8 Å². The van der Waals surface area contributed by atoms with Crippen molar-refractivity contribution in [2.75, 3.05) is 0 Å². The Morgan fingerprint density at radius 3 is 2.36 bits per heavy atom. The Labute approximate surface area is 134 Å². The smallest absolute Gasteiger partial charge is 0.330 e. The molecular formula is C20H30O2. The van der Waals surface area contributed by atoms with Crippen LogP contribution in [0.15, 0.2) is 12.7 Å². The Kier molecular flexibility index (Phi) is 3.26. The van der Waals surface area contributed by atoms with Crippen molar-refractivity contribution >= 4 is 5.97 Å². The average molecular weight is 302 g/mol. The van der Waals surface area contributed by atoms with Gasteiger partial charge in [0.05, 0.1) is 0 Å². The van der Waals surface area contributed by atoms with Crippen LogP contribution in [0, 0.1) is 35.0 Å². The van der Waals surface area contributed by atoms with Crippen molar-refractivity contribution in [1.29, 1.82) is 0 Å². The number of ether oxygens (including phenoxy) is 1. The third kappa shape index (κ3) is 1.95. The lowest BCUT2D eigenvalue weighted by molar-refractivity contribution is -0.242. The topological polar surface area (TPSA) is 26.3 Å². The summed E-state index contributed by atoms with van der Waals surface area (Å²) in [5.74, 6) is 3.17. The first-order valence-corrected chi connectivity index (χ1v) is 9.32. The predicted octanol–water partition coefficient (Wildman–Crippen LogP) is 4.74. The van der Waals surface area contributed by atoms with Crippen LogP contribution in [-0.2, 0) is 9.53 Å². The standard InChI is InChI=1S/C20H30O2/c1-4-18(21)22-20(17-7-5-6-13(17)2)15-8-14-9-16(20)12-19(3,10-14)11-15/h4,13-17H,1,5-12H2,2-3H3. The molecule has 22 heavy (non-hydrogen) atoms. The van der Waals surface area contributed by atoms with Gasteiger partial charge in [-0.3, -0.25) is 0 Å². The zero-order valence-electron chi connectivity index (χ0n) is 14.1. The maximum Gasteiger partial charge on any atom is 0.330 e. The zero-order valence-corrected chi connectivity index (χ0v) is 14.1. The molecule has 2 nitrogen and oxygen atoms in total. The van der Waals surface area contributed by atoms with Crippen molar-refractivity contribution in [3.63, 3.8) is 0 Å². The van der Waals surface area contributed by atoms with Crippen LogP contribution >= 0.6 is 0 Å². The van der Waals surface area contributed by atoms with Gasteiger partial charge in [-0.15, -0.1) is 0 Å². The van der Waals surface area contributed by atoms with E-state index in [9.17, 15) is 4.79 Å². The van der Waals surface area contributed by atoms with Crippen molar-refractivity contribution in [2.45, 2.75) is 70.8 Å². The van der Waals surface area contributed by atoms with E-state index in [1.54, 1.807) is 0 Å². The van der Waals surface area contributed by atoms with Crippen LogP contribution in [-0.4, -0.2) is 11.6 Å². The van der Waals surface area contributed by atoms with Gasteiger partial charge in [0.15, 0.2) is 0 Å². The van der Waals surface area contributed by atoms with Crippen LogP contribution in [0.25, 0.3) is 0 Å². The molecule has 0 aromatic rings. The Morgan fingerprint density at radius 2 is 1.86 bits per heavy atom. The molecule has 122 valence electrons. The highest BCUT2D eigenvalue weighted by Crippen LogP contribution is 2.68. The van der Waals surface area contributed by atoms with E-state index < -0.39 is 0 Å². The lowest BCUT2D eigenvalue weighted by Crippen LogP contribution is -2.65. The second-order valence-electron chi connectivity index (χ2n) is 9.15. The van der Waals surface area contributed by atoms with Gasteiger partial charge >= 0.3 is 5.97 Å². The summed E-state index contributed by atoms with van der Waals surface area (Å²) in [5, 5.41) is 0. The number of carbonyl (C=O) groups excluding carboxylic acids is 1. The monoisotopic (exact) mass is 302 g/mol. The third-order valence-corrected chi connectivity index (χ3v) is 7.66. The summed E-state index contributed by atoms with van der Waals surface area (Å²) in [6.45, 7) is 8.52. The molecule has 2 heteroatoms. The van der Waals surface area contributed by atoms with E-state index in [1.807, 2.05) is 0 Å². The molecule has 5 aliphatic carbocycles. The van der Waals surface area contributed by atoms with E-state index in [2.05, 4.69) is 20.4 Å². The summed E-state index contributed by atoms with van der Waals surface area (Å²) in [4.78, 5) is 12.2. The molecule has 4 bridgehead atoms. The molecule has 5 fully saturated rings. The minimum atomic E-state index is -0.184. The van der Waals surface area contributed by atoms with Crippen LogP contribution in [0.5, 0.6) is 0 Å². The maximum absolute atomic E-state index is 12.2. The fraction of sp³-hybridized carbons (Fsp3) is 0.850.